The number of piperazine rings is 1. The third-order valence-electron chi connectivity index (χ3n) is 7.42. The lowest BCUT2D eigenvalue weighted by molar-refractivity contribution is -0.117. The maximum absolute atomic E-state index is 13.0. The number of hydrogen-bond acceptors (Lipinski definition) is 6. The van der Waals surface area contributed by atoms with Gasteiger partial charge in [-0.05, 0) is 47.6 Å². The Morgan fingerprint density at radius 1 is 0.917 bits per heavy atom. The van der Waals surface area contributed by atoms with Crippen molar-refractivity contribution in [2.24, 2.45) is 0 Å². The summed E-state index contributed by atoms with van der Waals surface area (Å²) in [6.45, 7) is 4.82. The molecule has 0 spiro atoms. The van der Waals surface area contributed by atoms with Crippen molar-refractivity contribution in [2.75, 3.05) is 45.2 Å². The predicted molar refractivity (Wildman–Crippen MR) is 146 cm³/mol. The molecule has 0 radical (unpaired) electrons. The van der Waals surface area contributed by atoms with Gasteiger partial charge in [0.25, 0.3) is 0 Å². The minimum atomic E-state index is -0.342. The lowest BCUT2D eigenvalue weighted by Gasteiger charge is -2.34. The zero-order chi connectivity index (χ0) is 24.9. The van der Waals surface area contributed by atoms with E-state index in [-0.39, 0.29) is 11.9 Å². The molecule has 2 aliphatic rings. The minimum Gasteiger partial charge on any atom is -0.465 e. The second kappa shape index (κ2) is 11.5. The van der Waals surface area contributed by atoms with Gasteiger partial charge in [-0.15, -0.1) is 11.3 Å². The number of carbonyl (C=O) groups is 2. The highest BCUT2D eigenvalue weighted by Crippen LogP contribution is 2.37. The first-order valence-electron chi connectivity index (χ1n) is 13.1. The van der Waals surface area contributed by atoms with Gasteiger partial charge in [0.2, 0.25) is 5.91 Å². The zero-order valence-electron chi connectivity index (χ0n) is 21.1. The Labute approximate surface area is 217 Å². The first kappa shape index (κ1) is 24.9. The van der Waals surface area contributed by atoms with Crippen molar-refractivity contribution >= 4 is 39.0 Å². The van der Waals surface area contributed by atoms with Crippen LogP contribution in [0.15, 0.2) is 42.5 Å². The van der Waals surface area contributed by atoms with E-state index in [2.05, 4.69) is 57.6 Å². The number of thiophene rings is 1. The molecular formula is C29H35N3O3S. The number of nitrogens with one attached hydrogen (secondary N) is 1. The smallest absolute Gasteiger partial charge is 0.341 e. The molecule has 1 N–H and O–H groups in total. The van der Waals surface area contributed by atoms with Gasteiger partial charge < -0.3 is 10.1 Å². The van der Waals surface area contributed by atoms with E-state index in [0.717, 1.165) is 64.0 Å². The van der Waals surface area contributed by atoms with Crippen LogP contribution in [0.4, 0.5) is 5.00 Å². The fourth-order valence-corrected chi connectivity index (χ4v) is 6.77. The molecule has 1 aliphatic carbocycles. The van der Waals surface area contributed by atoms with Crippen LogP contribution in [0.25, 0.3) is 10.8 Å². The summed E-state index contributed by atoms with van der Waals surface area (Å²) in [7, 11) is 1.42. The van der Waals surface area contributed by atoms with E-state index in [4.69, 9.17) is 4.74 Å². The summed E-state index contributed by atoms with van der Waals surface area (Å²) in [5.41, 5.74) is 3.01. The summed E-state index contributed by atoms with van der Waals surface area (Å²) in [5.74, 6) is -0.401. The van der Waals surface area contributed by atoms with Crippen LogP contribution in [-0.2, 0) is 28.9 Å². The Morgan fingerprint density at radius 3 is 2.44 bits per heavy atom. The first-order valence-corrected chi connectivity index (χ1v) is 13.9. The van der Waals surface area contributed by atoms with Crippen molar-refractivity contribution < 1.29 is 14.3 Å². The highest BCUT2D eigenvalue weighted by molar-refractivity contribution is 7.17. The van der Waals surface area contributed by atoms with E-state index in [9.17, 15) is 9.59 Å². The summed E-state index contributed by atoms with van der Waals surface area (Å²) < 4.78 is 5.09. The van der Waals surface area contributed by atoms with Crippen LogP contribution in [0.2, 0.25) is 0 Å². The second-order valence-corrected chi connectivity index (χ2v) is 11.0. The van der Waals surface area contributed by atoms with Gasteiger partial charge in [-0.25, -0.2) is 4.79 Å². The number of fused-ring (bicyclic) bond motifs is 2. The molecule has 3 aromatic rings. The summed E-state index contributed by atoms with van der Waals surface area (Å²) in [4.78, 5) is 31.5. The molecular weight excluding hydrogens is 470 g/mol. The van der Waals surface area contributed by atoms with Gasteiger partial charge >= 0.3 is 5.97 Å². The van der Waals surface area contributed by atoms with Gasteiger partial charge in [0.1, 0.15) is 5.00 Å². The highest BCUT2D eigenvalue weighted by Gasteiger charge is 2.27. The number of aryl methyl sites for hydroxylation is 1. The molecule has 0 bridgehead atoms. The Bertz CT molecular complexity index is 1220. The van der Waals surface area contributed by atoms with Crippen molar-refractivity contribution in [1.82, 2.24) is 9.80 Å². The minimum absolute atomic E-state index is 0.0584. The normalized spacial score (nSPS) is 17.2. The summed E-state index contributed by atoms with van der Waals surface area (Å²) in [6, 6.07) is 15.0. The summed E-state index contributed by atoms with van der Waals surface area (Å²) in [6.07, 6.45) is 6.46. The van der Waals surface area contributed by atoms with Gasteiger partial charge in [0.15, 0.2) is 0 Å². The number of esters is 1. The standard InChI is InChI=1S/C29H35N3O3S/c1-35-29(34)27-24-13-4-2-3-5-14-25(24)36-28(27)30-26(33)20-32-17-15-31(16-18-32)19-22-11-8-10-21-9-6-7-12-23(21)22/h6-12H,2-5,13-20H2,1H3,(H,30,33). The molecule has 0 atom stereocenters. The Balaban J connectivity index is 1.19. The maximum Gasteiger partial charge on any atom is 0.341 e. The largest absolute Gasteiger partial charge is 0.465 e. The van der Waals surface area contributed by atoms with Crippen molar-refractivity contribution in [3.8, 4) is 0 Å². The van der Waals surface area contributed by atoms with Crippen LogP contribution in [-0.4, -0.2) is 61.5 Å². The molecule has 0 saturated carbocycles. The average molecular weight is 506 g/mol. The molecule has 1 aliphatic heterocycles. The summed E-state index contributed by atoms with van der Waals surface area (Å²) >= 11 is 1.56. The first-order chi connectivity index (χ1) is 17.6. The molecule has 190 valence electrons. The van der Waals surface area contributed by atoms with Gasteiger partial charge in [-0.1, -0.05) is 55.3 Å². The van der Waals surface area contributed by atoms with E-state index < -0.39 is 0 Å². The summed E-state index contributed by atoms with van der Waals surface area (Å²) in [5, 5.41) is 6.32. The van der Waals surface area contributed by atoms with Crippen molar-refractivity contribution in [3.05, 3.63) is 64.0 Å². The molecule has 1 saturated heterocycles. The van der Waals surface area contributed by atoms with Crippen LogP contribution < -0.4 is 5.32 Å². The van der Waals surface area contributed by atoms with E-state index in [1.54, 1.807) is 11.3 Å². The van der Waals surface area contributed by atoms with Crippen LogP contribution in [0.5, 0.6) is 0 Å². The number of anilines is 1. The number of amides is 1. The third kappa shape index (κ3) is 5.64. The quantitative estimate of drug-likeness (QED) is 0.472. The Morgan fingerprint density at radius 2 is 1.64 bits per heavy atom. The SMILES string of the molecule is COC(=O)c1c(NC(=O)CN2CCN(Cc3cccc4ccccc34)CC2)sc2c1CCCCCC2. The van der Waals surface area contributed by atoms with E-state index in [1.165, 1.54) is 41.2 Å². The van der Waals surface area contributed by atoms with E-state index >= 15 is 0 Å². The number of rotatable bonds is 6. The fraction of sp³-hybridized carbons (Fsp3) is 0.448. The lowest BCUT2D eigenvalue weighted by atomic mass is 9.96. The molecule has 0 unspecified atom stereocenters. The van der Waals surface area contributed by atoms with Crippen molar-refractivity contribution in [1.29, 1.82) is 0 Å². The van der Waals surface area contributed by atoms with Crippen LogP contribution in [0, 0.1) is 0 Å². The number of nitrogens with zero attached hydrogens (tertiary/aromatic N) is 2. The molecule has 1 amide bonds. The Hall–Kier alpha value is -2.74. The molecule has 5 rings (SSSR count). The topological polar surface area (TPSA) is 61.9 Å². The maximum atomic E-state index is 13.0. The number of ether oxygens (including phenoxy) is 1. The Kier molecular flexibility index (Phi) is 7.99. The van der Waals surface area contributed by atoms with E-state index in [1.807, 2.05) is 0 Å². The van der Waals surface area contributed by atoms with Crippen molar-refractivity contribution in [2.45, 2.75) is 45.1 Å². The van der Waals surface area contributed by atoms with Gasteiger partial charge in [-0.2, -0.15) is 0 Å². The van der Waals surface area contributed by atoms with Gasteiger partial charge in [0.05, 0.1) is 19.2 Å². The second-order valence-electron chi connectivity index (χ2n) is 9.85. The molecule has 2 heterocycles. The van der Waals surface area contributed by atoms with Crippen LogP contribution >= 0.6 is 11.3 Å². The zero-order valence-corrected chi connectivity index (χ0v) is 21.9. The molecule has 6 nitrogen and oxygen atoms in total. The molecule has 7 heteroatoms. The molecule has 36 heavy (non-hydrogen) atoms. The van der Waals surface area contributed by atoms with Gasteiger partial charge in [0, 0.05) is 37.6 Å². The highest BCUT2D eigenvalue weighted by atomic mass is 32.1. The average Bonchev–Trinajstić information content (AvgIpc) is 3.20. The number of benzene rings is 2. The number of hydrogen-bond donors (Lipinski definition) is 1. The van der Waals surface area contributed by atoms with Gasteiger partial charge in [-0.3, -0.25) is 14.6 Å². The fourth-order valence-electron chi connectivity index (χ4n) is 5.47. The molecule has 2 aromatic carbocycles. The van der Waals surface area contributed by atoms with Crippen LogP contribution in [0.3, 0.4) is 0 Å². The monoisotopic (exact) mass is 505 g/mol. The van der Waals surface area contributed by atoms with Crippen LogP contribution in [0.1, 0.15) is 52.0 Å². The third-order valence-corrected chi connectivity index (χ3v) is 8.63. The molecule has 1 aromatic heterocycles. The predicted octanol–water partition coefficient (Wildman–Crippen LogP) is 5.10. The number of methoxy groups -OCH3 is 1. The molecule has 1 fully saturated rings. The van der Waals surface area contributed by atoms with E-state index in [0.29, 0.717) is 17.1 Å². The lowest BCUT2D eigenvalue weighted by Crippen LogP contribution is -2.48. The van der Waals surface area contributed by atoms with Crippen molar-refractivity contribution in [3.63, 3.8) is 0 Å². The number of carbonyl (C=O) groups excluding carboxylic acids is 2.